The second-order valence-corrected chi connectivity index (χ2v) is 5.47. The van der Waals surface area contributed by atoms with E-state index < -0.39 is 10.0 Å². The monoisotopic (exact) mass is 284 g/mol. The number of nitrogens with one attached hydrogen (secondary N) is 1. The molecule has 0 unspecified atom stereocenters. The van der Waals surface area contributed by atoms with Crippen molar-refractivity contribution in [3.63, 3.8) is 0 Å². The third-order valence-corrected chi connectivity index (χ3v) is 2.61. The van der Waals surface area contributed by atoms with E-state index >= 15 is 0 Å². The molecule has 1 aromatic heterocycles. The molecule has 0 aliphatic carbocycles. The molecular formula is C10H12N4O4S. The van der Waals surface area contributed by atoms with Crippen LogP contribution in [-0.4, -0.2) is 24.9 Å². The largest absolute Gasteiger partial charge is 0.484 e. The lowest BCUT2D eigenvalue weighted by Crippen LogP contribution is -2.09. The van der Waals surface area contributed by atoms with Gasteiger partial charge in [0.15, 0.2) is 6.61 Å². The first kappa shape index (κ1) is 13.1. The molecule has 2 aromatic rings. The maximum Gasteiger partial charge on any atom is 0.312 e. The van der Waals surface area contributed by atoms with Gasteiger partial charge >= 0.3 is 6.01 Å². The molecule has 8 nitrogen and oxygen atoms in total. The Morgan fingerprint density at radius 2 is 2.00 bits per heavy atom. The highest BCUT2D eigenvalue weighted by Crippen LogP contribution is 2.17. The molecule has 0 aliphatic heterocycles. The van der Waals surface area contributed by atoms with Gasteiger partial charge in [-0.15, -0.1) is 5.10 Å². The van der Waals surface area contributed by atoms with E-state index in [2.05, 4.69) is 14.9 Å². The highest BCUT2D eigenvalue weighted by atomic mass is 32.2. The summed E-state index contributed by atoms with van der Waals surface area (Å²) in [5, 5.41) is 7.13. The quantitative estimate of drug-likeness (QED) is 0.824. The van der Waals surface area contributed by atoms with E-state index in [-0.39, 0.29) is 18.5 Å². The van der Waals surface area contributed by atoms with Gasteiger partial charge in [0.25, 0.3) is 5.89 Å². The van der Waals surface area contributed by atoms with Gasteiger partial charge in [0.1, 0.15) is 5.75 Å². The normalized spacial score (nSPS) is 11.2. The summed E-state index contributed by atoms with van der Waals surface area (Å²) in [5.41, 5.74) is 5.72. The summed E-state index contributed by atoms with van der Waals surface area (Å²) in [6.45, 7) is 0.0864. The van der Waals surface area contributed by atoms with Crippen LogP contribution in [0, 0.1) is 0 Å². The number of benzene rings is 1. The van der Waals surface area contributed by atoms with Crippen molar-refractivity contribution < 1.29 is 17.6 Å². The smallest absolute Gasteiger partial charge is 0.312 e. The van der Waals surface area contributed by atoms with Crippen molar-refractivity contribution in [3.8, 4) is 5.75 Å². The van der Waals surface area contributed by atoms with E-state index in [9.17, 15) is 8.42 Å². The fourth-order valence-corrected chi connectivity index (χ4v) is 1.87. The molecule has 0 bridgehead atoms. The molecule has 0 amide bonds. The van der Waals surface area contributed by atoms with E-state index in [1.807, 2.05) is 0 Å². The highest BCUT2D eigenvalue weighted by molar-refractivity contribution is 7.92. The van der Waals surface area contributed by atoms with E-state index in [4.69, 9.17) is 14.9 Å². The highest BCUT2D eigenvalue weighted by Gasteiger charge is 2.05. The molecule has 1 heterocycles. The predicted molar refractivity (Wildman–Crippen MR) is 68.0 cm³/mol. The van der Waals surface area contributed by atoms with Crippen molar-refractivity contribution in [1.29, 1.82) is 0 Å². The fourth-order valence-electron chi connectivity index (χ4n) is 1.30. The Morgan fingerprint density at radius 1 is 1.32 bits per heavy atom. The summed E-state index contributed by atoms with van der Waals surface area (Å²) in [4.78, 5) is 0. The zero-order chi connectivity index (χ0) is 13.9. The minimum absolute atomic E-state index is 0.0219. The summed E-state index contributed by atoms with van der Waals surface area (Å²) < 4.78 is 34.7. The molecule has 2 rings (SSSR count). The lowest BCUT2D eigenvalue weighted by molar-refractivity contribution is 0.265. The molecule has 0 radical (unpaired) electrons. The molecule has 0 saturated heterocycles. The first-order valence-corrected chi connectivity index (χ1v) is 7.10. The SMILES string of the molecule is CS(=O)(=O)Nc1ccc(OCc2nnc(N)o2)cc1. The molecule has 1 aromatic carbocycles. The van der Waals surface area contributed by atoms with Crippen LogP contribution in [0.3, 0.4) is 0 Å². The molecule has 0 saturated carbocycles. The van der Waals surface area contributed by atoms with Crippen LogP contribution in [0.1, 0.15) is 5.89 Å². The fraction of sp³-hybridized carbons (Fsp3) is 0.200. The van der Waals surface area contributed by atoms with Crippen LogP contribution in [0.15, 0.2) is 28.7 Å². The van der Waals surface area contributed by atoms with Crippen LogP contribution in [0.2, 0.25) is 0 Å². The standard InChI is InChI=1S/C10H12N4O4S/c1-19(15,16)14-7-2-4-8(5-3-7)17-6-9-12-13-10(11)18-9/h2-5,14H,6H2,1H3,(H2,11,13). The number of sulfonamides is 1. The van der Waals surface area contributed by atoms with Gasteiger partial charge in [0.2, 0.25) is 10.0 Å². The number of hydrogen-bond acceptors (Lipinski definition) is 7. The number of nitrogen functional groups attached to an aromatic ring is 1. The summed E-state index contributed by atoms with van der Waals surface area (Å²) in [5.74, 6) is 0.798. The molecule has 0 aliphatic rings. The Kier molecular flexibility index (Phi) is 3.56. The van der Waals surface area contributed by atoms with E-state index in [0.717, 1.165) is 6.26 Å². The molecular weight excluding hydrogens is 272 g/mol. The summed E-state index contributed by atoms with van der Waals surface area (Å²) in [6.07, 6.45) is 1.08. The Bertz CT molecular complexity index is 650. The molecule has 0 spiro atoms. The minimum Gasteiger partial charge on any atom is -0.484 e. The maximum atomic E-state index is 11.0. The molecule has 9 heteroatoms. The Balaban J connectivity index is 1.95. The van der Waals surface area contributed by atoms with Gasteiger partial charge in [-0.25, -0.2) is 8.42 Å². The topological polar surface area (TPSA) is 120 Å². The van der Waals surface area contributed by atoms with Gasteiger partial charge in [-0.05, 0) is 24.3 Å². The number of hydrogen-bond donors (Lipinski definition) is 2. The first-order chi connectivity index (χ1) is 8.92. The number of aromatic nitrogens is 2. The van der Waals surface area contributed by atoms with Gasteiger partial charge in [-0.2, -0.15) is 0 Å². The van der Waals surface area contributed by atoms with Gasteiger partial charge < -0.3 is 14.9 Å². The van der Waals surface area contributed by atoms with Crippen molar-refractivity contribution >= 4 is 21.7 Å². The van der Waals surface area contributed by atoms with Gasteiger partial charge in [0, 0.05) is 5.69 Å². The van der Waals surface area contributed by atoms with Gasteiger partial charge in [-0.1, -0.05) is 5.10 Å². The number of nitrogens with zero attached hydrogens (tertiary/aromatic N) is 2. The number of ether oxygens (including phenoxy) is 1. The third-order valence-electron chi connectivity index (χ3n) is 2.00. The van der Waals surface area contributed by atoms with Crippen LogP contribution in [0.5, 0.6) is 5.75 Å². The second kappa shape index (κ2) is 5.14. The molecule has 19 heavy (non-hydrogen) atoms. The van der Waals surface area contributed by atoms with Crippen LogP contribution in [0.25, 0.3) is 0 Å². The van der Waals surface area contributed by atoms with E-state index in [1.165, 1.54) is 0 Å². The Labute approximate surface area is 109 Å². The summed E-state index contributed by atoms with van der Waals surface area (Å²) in [7, 11) is -3.28. The van der Waals surface area contributed by atoms with Crippen molar-refractivity contribution in [2.45, 2.75) is 6.61 Å². The maximum absolute atomic E-state index is 11.0. The number of anilines is 2. The molecule has 3 N–H and O–H groups in total. The average molecular weight is 284 g/mol. The predicted octanol–water partition coefficient (Wildman–Crippen LogP) is 0.602. The van der Waals surface area contributed by atoms with Crippen molar-refractivity contribution in [2.75, 3.05) is 16.7 Å². The summed E-state index contributed by atoms with van der Waals surface area (Å²) >= 11 is 0. The van der Waals surface area contributed by atoms with Gasteiger partial charge in [-0.3, -0.25) is 4.72 Å². The van der Waals surface area contributed by atoms with Crippen LogP contribution < -0.4 is 15.2 Å². The summed E-state index contributed by atoms with van der Waals surface area (Å²) in [6, 6.07) is 6.38. The lowest BCUT2D eigenvalue weighted by Gasteiger charge is -2.06. The number of nitrogens with two attached hydrogens (primary N) is 1. The minimum atomic E-state index is -3.28. The van der Waals surface area contributed by atoms with E-state index in [1.54, 1.807) is 24.3 Å². The Morgan fingerprint density at radius 3 is 2.53 bits per heavy atom. The Hall–Kier alpha value is -2.29. The third kappa shape index (κ3) is 4.14. The van der Waals surface area contributed by atoms with Crippen molar-refractivity contribution in [1.82, 2.24) is 10.2 Å². The molecule has 0 atom stereocenters. The van der Waals surface area contributed by atoms with Crippen molar-refractivity contribution in [2.24, 2.45) is 0 Å². The zero-order valence-electron chi connectivity index (χ0n) is 10.0. The second-order valence-electron chi connectivity index (χ2n) is 3.72. The number of rotatable bonds is 5. The van der Waals surface area contributed by atoms with Gasteiger partial charge in [0.05, 0.1) is 6.26 Å². The van der Waals surface area contributed by atoms with Crippen LogP contribution in [-0.2, 0) is 16.6 Å². The van der Waals surface area contributed by atoms with E-state index in [0.29, 0.717) is 11.4 Å². The van der Waals surface area contributed by atoms with Crippen LogP contribution >= 0.6 is 0 Å². The lowest BCUT2D eigenvalue weighted by atomic mass is 10.3. The molecule has 102 valence electrons. The zero-order valence-corrected chi connectivity index (χ0v) is 10.8. The van der Waals surface area contributed by atoms with Crippen molar-refractivity contribution in [3.05, 3.63) is 30.2 Å². The van der Waals surface area contributed by atoms with Crippen LogP contribution in [0.4, 0.5) is 11.7 Å². The molecule has 0 fully saturated rings. The first-order valence-electron chi connectivity index (χ1n) is 5.21. The average Bonchev–Trinajstić information content (AvgIpc) is 2.72.